The first-order valence-corrected chi connectivity index (χ1v) is 3.34. The second kappa shape index (κ2) is 2.87. The van der Waals surface area contributed by atoms with Crippen molar-refractivity contribution in [3.63, 3.8) is 0 Å². The van der Waals surface area contributed by atoms with Crippen LogP contribution in [0.15, 0.2) is 0 Å². The first-order valence-electron chi connectivity index (χ1n) is 3.34. The highest BCUT2D eigenvalue weighted by Gasteiger charge is 2.36. The van der Waals surface area contributed by atoms with Gasteiger partial charge in [-0.15, -0.1) is 5.48 Å². The fourth-order valence-corrected chi connectivity index (χ4v) is 0.830. The molecule has 2 atom stereocenters. The van der Waals surface area contributed by atoms with Crippen LogP contribution in [-0.4, -0.2) is 24.0 Å². The number of hydroxylamine groups is 1. The molecule has 0 aromatic heterocycles. The fourth-order valence-electron chi connectivity index (χ4n) is 0.830. The van der Waals surface area contributed by atoms with Gasteiger partial charge in [-0.25, -0.2) is 0 Å². The van der Waals surface area contributed by atoms with E-state index in [-0.39, 0.29) is 18.0 Å². The molecular formula is C6H10N2O3. The summed E-state index contributed by atoms with van der Waals surface area (Å²) in [7, 11) is 0. The fraction of sp³-hybridized carbons (Fsp3) is 0.667. The molecule has 1 aliphatic rings. The highest BCUT2D eigenvalue weighted by molar-refractivity contribution is 5.89. The maximum absolute atomic E-state index is 10.7. The molecule has 1 amide bonds. The second-order valence-electron chi connectivity index (χ2n) is 2.49. The van der Waals surface area contributed by atoms with Crippen LogP contribution in [-0.2, 0) is 14.4 Å². The van der Waals surface area contributed by atoms with Crippen molar-refractivity contribution in [2.75, 3.05) is 0 Å². The molecule has 1 aliphatic heterocycles. The summed E-state index contributed by atoms with van der Waals surface area (Å²) in [4.78, 5) is 25.4. The van der Waals surface area contributed by atoms with Crippen molar-refractivity contribution in [2.24, 2.45) is 0 Å². The van der Waals surface area contributed by atoms with Gasteiger partial charge >= 0.3 is 5.97 Å². The number of rotatable bonds is 2. The summed E-state index contributed by atoms with van der Waals surface area (Å²) in [5.41, 5.74) is 2.36. The molecule has 5 nitrogen and oxygen atoms in total. The van der Waals surface area contributed by atoms with Gasteiger partial charge in [-0.05, 0) is 6.92 Å². The van der Waals surface area contributed by atoms with Crippen LogP contribution in [0.4, 0.5) is 0 Å². The maximum Gasteiger partial charge on any atom is 0.321 e. The van der Waals surface area contributed by atoms with Crippen molar-refractivity contribution in [3.05, 3.63) is 0 Å². The second-order valence-corrected chi connectivity index (χ2v) is 2.49. The van der Waals surface area contributed by atoms with Gasteiger partial charge in [0.2, 0.25) is 5.91 Å². The Bertz CT molecular complexity index is 192. The predicted octanol–water partition coefficient (Wildman–Crippen LogP) is -1.06. The first-order chi connectivity index (χ1) is 5.11. The van der Waals surface area contributed by atoms with Gasteiger partial charge in [0.1, 0.15) is 6.04 Å². The molecule has 0 bridgehead atoms. The van der Waals surface area contributed by atoms with Gasteiger partial charge < -0.3 is 10.2 Å². The van der Waals surface area contributed by atoms with Gasteiger partial charge in [0.25, 0.3) is 0 Å². The number of nitrogens with one attached hydrogen (secondary N) is 2. The van der Waals surface area contributed by atoms with E-state index in [1.807, 2.05) is 6.92 Å². The topological polar surface area (TPSA) is 67.4 Å². The summed E-state index contributed by atoms with van der Waals surface area (Å²) in [6.07, 6.45) is 0. The van der Waals surface area contributed by atoms with Crippen LogP contribution in [0.3, 0.4) is 0 Å². The molecule has 0 aromatic rings. The molecule has 2 N–H and O–H groups in total. The van der Waals surface area contributed by atoms with Crippen molar-refractivity contribution in [1.82, 2.24) is 10.8 Å². The highest BCUT2D eigenvalue weighted by Crippen LogP contribution is 2.03. The number of β-lactam (4-membered cyclic amide) rings is 1. The van der Waals surface area contributed by atoms with Gasteiger partial charge in [0.15, 0.2) is 0 Å². The van der Waals surface area contributed by atoms with Crippen LogP contribution in [0.5, 0.6) is 0 Å². The number of carbonyl (C=O) groups excluding carboxylic acids is 2. The summed E-state index contributed by atoms with van der Waals surface area (Å²) in [5.74, 6) is -0.587. The normalized spacial score (nSPS) is 28.7. The molecule has 1 heterocycles. The Morgan fingerprint density at radius 1 is 1.73 bits per heavy atom. The third kappa shape index (κ3) is 1.68. The monoisotopic (exact) mass is 158 g/mol. The lowest BCUT2D eigenvalue weighted by Gasteiger charge is -2.33. The summed E-state index contributed by atoms with van der Waals surface area (Å²) in [5, 5.41) is 2.59. The van der Waals surface area contributed by atoms with Crippen LogP contribution in [0, 0.1) is 0 Å². The zero-order chi connectivity index (χ0) is 8.43. The molecule has 0 aromatic carbocycles. The zero-order valence-electron chi connectivity index (χ0n) is 6.38. The summed E-state index contributed by atoms with van der Waals surface area (Å²) in [6.45, 7) is 3.09. The van der Waals surface area contributed by atoms with E-state index in [9.17, 15) is 9.59 Å². The smallest absolute Gasteiger partial charge is 0.321 e. The van der Waals surface area contributed by atoms with E-state index in [0.29, 0.717) is 0 Å². The van der Waals surface area contributed by atoms with Gasteiger partial charge in [0.05, 0.1) is 6.04 Å². The molecule has 1 saturated heterocycles. The van der Waals surface area contributed by atoms with Crippen molar-refractivity contribution in [2.45, 2.75) is 25.9 Å². The number of amides is 1. The Labute approximate surface area is 64.0 Å². The first kappa shape index (κ1) is 8.00. The largest absolute Gasteiger partial charge is 0.370 e. The lowest BCUT2D eigenvalue weighted by molar-refractivity contribution is -0.156. The predicted molar refractivity (Wildman–Crippen MR) is 36.3 cm³/mol. The van der Waals surface area contributed by atoms with E-state index in [4.69, 9.17) is 0 Å². The van der Waals surface area contributed by atoms with Crippen molar-refractivity contribution < 1.29 is 14.4 Å². The number of hydrogen-bond donors (Lipinski definition) is 2. The Morgan fingerprint density at radius 3 is 2.73 bits per heavy atom. The Morgan fingerprint density at radius 2 is 2.36 bits per heavy atom. The van der Waals surface area contributed by atoms with E-state index < -0.39 is 5.97 Å². The maximum atomic E-state index is 10.7. The molecule has 5 heteroatoms. The van der Waals surface area contributed by atoms with E-state index in [1.165, 1.54) is 6.92 Å². The van der Waals surface area contributed by atoms with Crippen molar-refractivity contribution >= 4 is 11.9 Å². The average molecular weight is 158 g/mol. The molecule has 2 unspecified atom stereocenters. The molecule has 1 rings (SSSR count). The quantitative estimate of drug-likeness (QED) is 0.397. The Hall–Kier alpha value is -1.10. The Kier molecular flexibility index (Phi) is 2.09. The molecule has 11 heavy (non-hydrogen) atoms. The SMILES string of the molecule is CC(=O)ONC1C(=O)NC1C. The van der Waals surface area contributed by atoms with Gasteiger partial charge in [-0.1, -0.05) is 0 Å². The van der Waals surface area contributed by atoms with Crippen molar-refractivity contribution in [1.29, 1.82) is 0 Å². The van der Waals surface area contributed by atoms with E-state index in [0.717, 1.165) is 0 Å². The molecule has 0 saturated carbocycles. The van der Waals surface area contributed by atoms with Crippen molar-refractivity contribution in [3.8, 4) is 0 Å². The minimum Gasteiger partial charge on any atom is -0.370 e. The Balaban J connectivity index is 2.26. The van der Waals surface area contributed by atoms with Crippen LogP contribution in [0.1, 0.15) is 13.8 Å². The van der Waals surface area contributed by atoms with Crippen LogP contribution in [0.25, 0.3) is 0 Å². The molecule has 0 radical (unpaired) electrons. The summed E-state index contributed by atoms with van der Waals surface area (Å²) in [6, 6.07) is -0.360. The summed E-state index contributed by atoms with van der Waals surface area (Å²) >= 11 is 0. The van der Waals surface area contributed by atoms with Crippen LogP contribution in [0.2, 0.25) is 0 Å². The highest BCUT2D eigenvalue weighted by atomic mass is 16.7. The molecule has 1 fully saturated rings. The third-order valence-electron chi connectivity index (χ3n) is 1.48. The van der Waals surface area contributed by atoms with E-state index >= 15 is 0 Å². The lowest BCUT2D eigenvalue weighted by Crippen LogP contribution is -2.66. The average Bonchev–Trinajstić information content (AvgIpc) is 1.86. The van der Waals surface area contributed by atoms with Crippen LogP contribution < -0.4 is 10.8 Å². The van der Waals surface area contributed by atoms with Gasteiger partial charge in [-0.3, -0.25) is 9.59 Å². The van der Waals surface area contributed by atoms with E-state index in [1.54, 1.807) is 0 Å². The molecular weight excluding hydrogens is 148 g/mol. The summed E-state index contributed by atoms with van der Waals surface area (Å²) < 4.78 is 0. The molecule has 0 spiro atoms. The number of hydrogen-bond acceptors (Lipinski definition) is 4. The third-order valence-corrected chi connectivity index (χ3v) is 1.48. The van der Waals surface area contributed by atoms with Gasteiger partial charge in [0, 0.05) is 6.92 Å². The number of carbonyl (C=O) groups is 2. The minimum absolute atomic E-state index is 0.0295. The molecule has 0 aliphatic carbocycles. The lowest BCUT2D eigenvalue weighted by atomic mass is 10.0. The minimum atomic E-state index is -0.447. The molecule has 62 valence electrons. The van der Waals surface area contributed by atoms with Gasteiger partial charge in [-0.2, -0.15) is 0 Å². The van der Waals surface area contributed by atoms with Crippen LogP contribution >= 0.6 is 0 Å². The standard InChI is InChI=1S/C6H10N2O3/c1-3-5(6(10)7-3)8-11-4(2)9/h3,5,8H,1-2H3,(H,7,10). The zero-order valence-corrected chi connectivity index (χ0v) is 6.38. The van der Waals surface area contributed by atoms with E-state index in [2.05, 4.69) is 15.6 Å².